The van der Waals surface area contributed by atoms with E-state index in [1.165, 1.54) is 13.1 Å². The molecule has 2 aliphatic heterocycles. The Balaban J connectivity index is 1.84. The number of phosphoric acid groups is 3. The molecule has 3 heterocycles. The van der Waals surface area contributed by atoms with E-state index in [0.29, 0.717) is 0 Å². The van der Waals surface area contributed by atoms with E-state index < -0.39 is 71.5 Å². The number of aromatic nitrogens is 2. The normalized spacial score (nSPS) is 33.4. The summed E-state index contributed by atoms with van der Waals surface area (Å²) in [5, 5.41) is 10.7. The van der Waals surface area contributed by atoms with Crippen LogP contribution >= 0.6 is 23.5 Å². The molecule has 0 spiro atoms. The van der Waals surface area contributed by atoms with Crippen molar-refractivity contribution >= 4 is 23.5 Å². The van der Waals surface area contributed by atoms with Gasteiger partial charge in [0.05, 0.1) is 12.7 Å². The average molecular weight is 538 g/mol. The van der Waals surface area contributed by atoms with E-state index in [-0.39, 0.29) is 12.0 Å². The first kappa shape index (κ1) is 26.6. The van der Waals surface area contributed by atoms with Gasteiger partial charge in [-0.15, -0.1) is 0 Å². The van der Waals surface area contributed by atoms with Crippen molar-refractivity contribution in [3.05, 3.63) is 32.6 Å². The Morgan fingerprint density at radius 2 is 1.82 bits per heavy atom. The van der Waals surface area contributed by atoms with Gasteiger partial charge in [0.25, 0.3) is 5.56 Å². The molecule has 1 aromatic rings. The van der Waals surface area contributed by atoms with Crippen LogP contribution in [0.2, 0.25) is 0 Å². The molecule has 7 atom stereocenters. The second kappa shape index (κ2) is 8.88. The summed E-state index contributed by atoms with van der Waals surface area (Å²) in [4.78, 5) is 62.1. The fourth-order valence-electron chi connectivity index (χ4n) is 3.61. The van der Waals surface area contributed by atoms with Gasteiger partial charge >= 0.3 is 29.2 Å². The van der Waals surface area contributed by atoms with Crippen LogP contribution in [0.3, 0.4) is 0 Å². The highest BCUT2D eigenvalue weighted by Crippen LogP contribution is 2.66. The molecule has 0 aliphatic carbocycles. The lowest BCUT2D eigenvalue weighted by Crippen LogP contribution is -2.54. The Hall–Kier alpha value is -1.03. The smallest absolute Gasteiger partial charge is 0.387 e. The molecule has 1 aromatic heterocycles. The van der Waals surface area contributed by atoms with Crippen LogP contribution in [0.4, 0.5) is 0 Å². The SMILES string of the molecule is Cc1cn([C@@H]2O[C@@]3(COP(=O)(O)OP(=O)(O)OP(=O)(O)O)C[C@@H](C)O[C@@H]2[C@@H]3O)c(=O)[nH]c1=O. The van der Waals surface area contributed by atoms with Crippen LogP contribution in [0, 0.1) is 6.92 Å². The number of ether oxygens (including phenoxy) is 2. The molecule has 0 aromatic carbocycles. The van der Waals surface area contributed by atoms with Crippen LogP contribution in [0.1, 0.15) is 25.1 Å². The van der Waals surface area contributed by atoms with E-state index in [4.69, 9.17) is 19.3 Å². The molecule has 6 N–H and O–H groups in total. The summed E-state index contributed by atoms with van der Waals surface area (Å²) in [5.74, 6) is 0. The van der Waals surface area contributed by atoms with E-state index in [0.717, 1.165) is 4.57 Å². The van der Waals surface area contributed by atoms with Crippen LogP contribution in [-0.4, -0.2) is 64.8 Å². The molecule has 2 fully saturated rings. The van der Waals surface area contributed by atoms with Gasteiger partial charge < -0.3 is 34.2 Å². The lowest BCUT2D eigenvalue weighted by molar-refractivity contribution is -0.159. The summed E-state index contributed by atoms with van der Waals surface area (Å²) in [6.07, 6.45) is -3.59. The average Bonchev–Trinajstić information content (AvgIpc) is 2.77. The fraction of sp³-hybridized carbons (Fsp3) is 0.692. The van der Waals surface area contributed by atoms with Gasteiger partial charge in [-0.3, -0.25) is 18.9 Å². The maximum absolute atomic E-state index is 12.3. The number of aromatic amines is 1. The number of nitrogens with zero attached hydrogens (tertiary/aromatic N) is 1. The van der Waals surface area contributed by atoms with Crippen LogP contribution in [0.25, 0.3) is 0 Å². The van der Waals surface area contributed by atoms with Crippen molar-refractivity contribution in [3.8, 4) is 0 Å². The minimum Gasteiger partial charge on any atom is -0.387 e. The topological polar surface area (TPSA) is 253 Å². The van der Waals surface area contributed by atoms with Crippen molar-refractivity contribution in [1.82, 2.24) is 9.55 Å². The summed E-state index contributed by atoms with van der Waals surface area (Å²) >= 11 is 0. The summed E-state index contributed by atoms with van der Waals surface area (Å²) in [7, 11) is -16.8. The largest absolute Gasteiger partial charge is 0.490 e. The molecule has 0 radical (unpaired) electrons. The second-order valence-corrected chi connectivity index (χ2v) is 11.9. The van der Waals surface area contributed by atoms with Gasteiger partial charge in [0.15, 0.2) is 6.23 Å². The predicted molar refractivity (Wildman–Crippen MR) is 104 cm³/mol. The number of aryl methyl sites for hydroxylation is 1. The molecule has 33 heavy (non-hydrogen) atoms. The number of rotatable bonds is 8. The second-order valence-electron chi connectivity index (χ2n) is 7.48. The number of hydrogen-bond acceptors (Lipinski definition) is 11. The number of aliphatic hydroxyl groups is 1. The highest BCUT2D eigenvalue weighted by molar-refractivity contribution is 7.66. The highest BCUT2D eigenvalue weighted by Gasteiger charge is 2.61. The summed E-state index contributed by atoms with van der Waals surface area (Å²) in [5.41, 5.74) is -3.16. The van der Waals surface area contributed by atoms with Gasteiger partial charge in [0.2, 0.25) is 0 Å². The molecular weight excluding hydrogens is 517 g/mol. The predicted octanol–water partition coefficient (Wildman–Crippen LogP) is -1.01. The first-order valence-electron chi connectivity index (χ1n) is 9.05. The monoisotopic (exact) mass is 538 g/mol. The Morgan fingerprint density at radius 1 is 1.18 bits per heavy atom. The fourth-order valence-corrected chi connectivity index (χ4v) is 6.68. The Morgan fingerprint density at radius 3 is 2.42 bits per heavy atom. The first-order valence-corrected chi connectivity index (χ1v) is 13.6. The molecule has 0 saturated carbocycles. The lowest BCUT2D eigenvalue weighted by atomic mass is 9.87. The molecule has 188 valence electrons. The molecule has 0 amide bonds. The minimum absolute atomic E-state index is 0.131. The summed E-state index contributed by atoms with van der Waals surface area (Å²) in [6.45, 7) is 2.06. The Bertz CT molecular complexity index is 1170. The number of hydrogen-bond donors (Lipinski definition) is 6. The first-order chi connectivity index (χ1) is 14.9. The van der Waals surface area contributed by atoms with Gasteiger partial charge in [-0.2, -0.15) is 8.62 Å². The molecule has 3 rings (SSSR count). The van der Waals surface area contributed by atoms with E-state index >= 15 is 0 Å². The molecule has 2 aliphatic rings. The zero-order chi connectivity index (χ0) is 25.0. The van der Waals surface area contributed by atoms with Crippen LogP contribution in [-0.2, 0) is 36.3 Å². The Labute approximate surface area is 184 Å². The number of nitrogens with one attached hydrogen (secondary N) is 1. The lowest BCUT2D eigenvalue weighted by Gasteiger charge is -2.38. The number of phosphoric ester groups is 1. The molecule has 17 nitrogen and oxygen atoms in total. The number of aliphatic hydroxyl groups excluding tert-OH is 1. The van der Waals surface area contributed by atoms with E-state index in [9.17, 15) is 38.2 Å². The van der Waals surface area contributed by atoms with Crippen LogP contribution < -0.4 is 11.2 Å². The Kier molecular flexibility index (Phi) is 7.15. The number of fused-ring (bicyclic) bond motifs is 2. The molecule has 2 bridgehead atoms. The van der Waals surface area contributed by atoms with Crippen LogP contribution in [0.15, 0.2) is 15.8 Å². The van der Waals surface area contributed by atoms with Crippen LogP contribution in [0.5, 0.6) is 0 Å². The van der Waals surface area contributed by atoms with Crippen molar-refractivity contribution in [2.45, 2.75) is 50.4 Å². The van der Waals surface area contributed by atoms with E-state index in [1.807, 2.05) is 0 Å². The van der Waals surface area contributed by atoms with Gasteiger partial charge in [-0.05, 0) is 13.8 Å². The summed E-state index contributed by atoms with van der Waals surface area (Å²) < 4.78 is 58.6. The van der Waals surface area contributed by atoms with Crippen molar-refractivity contribution in [2.75, 3.05) is 6.61 Å². The molecule has 2 saturated heterocycles. The maximum Gasteiger partial charge on any atom is 0.490 e. The maximum atomic E-state index is 12.3. The minimum atomic E-state index is -5.74. The van der Waals surface area contributed by atoms with Gasteiger partial charge in [-0.25, -0.2) is 18.5 Å². The summed E-state index contributed by atoms with van der Waals surface area (Å²) in [6, 6.07) is 0. The van der Waals surface area contributed by atoms with Gasteiger partial charge in [0.1, 0.15) is 17.8 Å². The van der Waals surface area contributed by atoms with Gasteiger partial charge in [0, 0.05) is 18.2 Å². The van der Waals surface area contributed by atoms with Crippen molar-refractivity contribution in [2.24, 2.45) is 0 Å². The zero-order valence-electron chi connectivity index (χ0n) is 16.9. The molecule has 20 heteroatoms. The van der Waals surface area contributed by atoms with Crippen molar-refractivity contribution in [3.63, 3.8) is 0 Å². The van der Waals surface area contributed by atoms with Crippen molar-refractivity contribution in [1.29, 1.82) is 0 Å². The highest BCUT2D eigenvalue weighted by atomic mass is 31.3. The third kappa shape index (κ3) is 5.97. The standard InChI is InChI=1S/C13H21N2O15P3/c1-6-4-15(12(18)14-10(6)17)11-8-9(16)13(28-11,3-7(2)27-8)5-26-32(22,23)30-33(24,25)29-31(19,20)21/h4,7-9,11,16H,3,5H2,1-2H3,(H,22,23)(H,24,25)(H,14,17,18)(H2,19,20,21)/t7-,8-,9+,11-,13-/m1/s1. The van der Waals surface area contributed by atoms with E-state index in [2.05, 4.69) is 18.1 Å². The third-order valence-electron chi connectivity index (χ3n) is 4.82. The van der Waals surface area contributed by atoms with Gasteiger partial charge in [-0.1, -0.05) is 0 Å². The zero-order valence-corrected chi connectivity index (χ0v) is 19.6. The quantitative estimate of drug-likeness (QED) is 0.217. The number of H-pyrrole nitrogens is 1. The molecular formula is C13H21N2O15P3. The van der Waals surface area contributed by atoms with E-state index in [1.54, 1.807) is 6.92 Å². The molecule has 2 unspecified atom stereocenters. The third-order valence-corrected chi connectivity index (χ3v) is 8.60. The van der Waals surface area contributed by atoms with Crippen molar-refractivity contribution < 1.29 is 61.0 Å².